The lowest BCUT2D eigenvalue weighted by Crippen LogP contribution is -2.52. The van der Waals surface area contributed by atoms with Gasteiger partial charge < -0.3 is 19.9 Å². The van der Waals surface area contributed by atoms with Crippen LogP contribution in [0.4, 0.5) is 16.3 Å². The second-order valence-electron chi connectivity index (χ2n) is 6.65. The monoisotopic (exact) mass is 396 g/mol. The van der Waals surface area contributed by atoms with Crippen LogP contribution in [-0.2, 0) is 11.3 Å². The number of aromatic nitrogens is 1. The first kappa shape index (κ1) is 20.4. The molecular weight excluding hydrogens is 368 g/mol. The molecule has 1 aliphatic rings. The molecule has 0 bridgehead atoms. The first-order chi connectivity index (χ1) is 14.2. The summed E-state index contributed by atoms with van der Waals surface area (Å²) in [5.74, 6) is 1.94. The Balaban J connectivity index is 1.58. The average Bonchev–Trinajstić information content (AvgIpc) is 2.78. The van der Waals surface area contributed by atoms with E-state index in [4.69, 9.17) is 4.99 Å². The van der Waals surface area contributed by atoms with Gasteiger partial charge in [0.1, 0.15) is 5.82 Å². The minimum absolute atomic E-state index is 0.477. The summed E-state index contributed by atoms with van der Waals surface area (Å²) in [5.41, 5.74) is 1.77. The molecule has 1 aromatic heterocycles. The number of anilines is 2. The molecule has 0 spiro atoms. The molecule has 1 aliphatic heterocycles. The van der Waals surface area contributed by atoms with E-state index in [2.05, 4.69) is 37.1 Å². The summed E-state index contributed by atoms with van der Waals surface area (Å²) in [6, 6.07) is 13.6. The Labute approximate surface area is 171 Å². The molecule has 2 N–H and O–H groups in total. The molecule has 8 nitrogen and oxygen atoms in total. The maximum absolute atomic E-state index is 11.3. The standard InChI is InChI=1S/C21H28N6O2/c1-3-22-20(24-16-17-7-9-18(10-8-17)25-21(28)29-2)27-14-12-26(13-15-27)19-6-4-5-11-23-19/h4-11H,3,12-16H2,1-2H3,(H,22,24)(H,25,28). The normalized spacial score (nSPS) is 14.5. The lowest BCUT2D eigenvalue weighted by atomic mass is 10.2. The minimum atomic E-state index is -0.477. The van der Waals surface area contributed by atoms with Crippen LogP contribution < -0.4 is 15.5 Å². The number of benzene rings is 1. The number of pyridine rings is 1. The molecule has 3 rings (SSSR count). The number of hydrogen-bond donors (Lipinski definition) is 2. The van der Waals surface area contributed by atoms with E-state index in [-0.39, 0.29) is 0 Å². The van der Waals surface area contributed by atoms with E-state index in [1.807, 2.05) is 48.7 Å². The molecule has 8 heteroatoms. The van der Waals surface area contributed by atoms with Crippen molar-refractivity contribution in [1.29, 1.82) is 0 Å². The zero-order valence-corrected chi connectivity index (χ0v) is 17.0. The Morgan fingerprint density at radius 3 is 2.52 bits per heavy atom. The van der Waals surface area contributed by atoms with E-state index in [1.54, 1.807) is 0 Å². The van der Waals surface area contributed by atoms with Crippen molar-refractivity contribution in [3.8, 4) is 0 Å². The molecule has 1 amide bonds. The van der Waals surface area contributed by atoms with Gasteiger partial charge in [0.25, 0.3) is 0 Å². The van der Waals surface area contributed by atoms with E-state index < -0.39 is 6.09 Å². The Morgan fingerprint density at radius 2 is 1.90 bits per heavy atom. The highest BCUT2D eigenvalue weighted by Crippen LogP contribution is 2.14. The van der Waals surface area contributed by atoms with Crippen molar-refractivity contribution in [1.82, 2.24) is 15.2 Å². The molecule has 1 fully saturated rings. The van der Waals surface area contributed by atoms with E-state index in [0.717, 1.165) is 50.1 Å². The van der Waals surface area contributed by atoms with Gasteiger partial charge in [-0.25, -0.2) is 14.8 Å². The van der Waals surface area contributed by atoms with Gasteiger partial charge in [-0.15, -0.1) is 0 Å². The maximum Gasteiger partial charge on any atom is 0.411 e. The highest BCUT2D eigenvalue weighted by Gasteiger charge is 2.20. The van der Waals surface area contributed by atoms with E-state index in [9.17, 15) is 4.79 Å². The highest BCUT2D eigenvalue weighted by atomic mass is 16.5. The van der Waals surface area contributed by atoms with Gasteiger partial charge in [0.05, 0.1) is 13.7 Å². The fourth-order valence-corrected chi connectivity index (χ4v) is 3.14. The fraction of sp³-hybridized carbons (Fsp3) is 0.381. The van der Waals surface area contributed by atoms with E-state index >= 15 is 0 Å². The first-order valence-corrected chi connectivity index (χ1v) is 9.82. The molecule has 0 atom stereocenters. The number of nitrogens with one attached hydrogen (secondary N) is 2. The van der Waals surface area contributed by atoms with Gasteiger partial charge in [-0.2, -0.15) is 0 Å². The number of aliphatic imine (C=N–C) groups is 1. The van der Waals surface area contributed by atoms with Crippen LogP contribution in [-0.4, -0.2) is 61.8 Å². The SMILES string of the molecule is CCNC(=NCc1ccc(NC(=O)OC)cc1)N1CCN(c2ccccn2)CC1. The van der Waals surface area contributed by atoms with Crippen molar-refractivity contribution in [3.05, 3.63) is 54.2 Å². The van der Waals surface area contributed by atoms with Crippen molar-refractivity contribution in [3.63, 3.8) is 0 Å². The van der Waals surface area contributed by atoms with Gasteiger partial charge in [-0.1, -0.05) is 18.2 Å². The predicted molar refractivity (Wildman–Crippen MR) is 115 cm³/mol. The first-order valence-electron chi connectivity index (χ1n) is 9.82. The summed E-state index contributed by atoms with van der Waals surface area (Å²) in [5, 5.41) is 6.04. The third-order valence-corrected chi connectivity index (χ3v) is 4.68. The van der Waals surface area contributed by atoms with Crippen LogP contribution in [0.2, 0.25) is 0 Å². The Hall–Kier alpha value is -3.29. The summed E-state index contributed by atoms with van der Waals surface area (Å²) in [6.07, 6.45) is 1.36. The van der Waals surface area contributed by atoms with Crippen LogP contribution in [0.5, 0.6) is 0 Å². The van der Waals surface area contributed by atoms with E-state index in [0.29, 0.717) is 12.2 Å². The minimum Gasteiger partial charge on any atom is -0.453 e. The summed E-state index contributed by atoms with van der Waals surface area (Å²) in [6.45, 7) is 7.08. The van der Waals surface area contributed by atoms with Crippen molar-refractivity contribution in [2.75, 3.05) is 50.1 Å². The number of nitrogens with zero attached hydrogens (tertiary/aromatic N) is 4. The molecule has 0 aliphatic carbocycles. The Morgan fingerprint density at radius 1 is 1.14 bits per heavy atom. The topological polar surface area (TPSA) is 82.1 Å². The lowest BCUT2D eigenvalue weighted by molar-refractivity contribution is 0.187. The number of guanidine groups is 1. The summed E-state index contributed by atoms with van der Waals surface area (Å²) in [4.78, 5) is 25.1. The molecule has 154 valence electrons. The average molecular weight is 396 g/mol. The molecule has 29 heavy (non-hydrogen) atoms. The van der Waals surface area contributed by atoms with Gasteiger partial charge in [-0.3, -0.25) is 5.32 Å². The Bertz CT molecular complexity index is 802. The van der Waals surface area contributed by atoms with Gasteiger partial charge >= 0.3 is 6.09 Å². The van der Waals surface area contributed by atoms with Gasteiger partial charge in [0.15, 0.2) is 5.96 Å². The molecule has 0 saturated carbocycles. The second-order valence-corrected chi connectivity index (χ2v) is 6.65. The number of amides is 1. The number of ether oxygens (including phenoxy) is 1. The lowest BCUT2D eigenvalue weighted by Gasteiger charge is -2.37. The van der Waals surface area contributed by atoms with Gasteiger partial charge in [-0.05, 0) is 36.8 Å². The van der Waals surface area contributed by atoms with Gasteiger partial charge in [0.2, 0.25) is 0 Å². The summed E-state index contributed by atoms with van der Waals surface area (Å²) in [7, 11) is 1.34. The number of rotatable bonds is 5. The van der Waals surface area contributed by atoms with Crippen molar-refractivity contribution >= 4 is 23.6 Å². The number of carbonyl (C=O) groups is 1. The van der Waals surface area contributed by atoms with Crippen LogP contribution >= 0.6 is 0 Å². The van der Waals surface area contributed by atoms with Crippen LogP contribution in [0.3, 0.4) is 0 Å². The number of methoxy groups -OCH3 is 1. The quantitative estimate of drug-likeness (QED) is 0.597. The molecule has 0 unspecified atom stereocenters. The largest absolute Gasteiger partial charge is 0.453 e. The number of piperazine rings is 1. The highest BCUT2D eigenvalue weighted by molar-refractivity contribution is 5.84. The zero-order valence-electron chi connectivity index (χ0n) is 17.0. The molecule has 1 saturated heterocycles. The summed E-state index contributed by atoms with van der Waals surface area (Å²) < 4.78 is 4.60. The predicted octanol–water partition coefficient (Wildman–Crippen LogP) is 2.55. The van der Waals surface area contributed by atoms with Gasteiger partial charge in [0, 0.05) is 44.6 Å². The number of carbonyl (C=O) groups excluding carboxylic acids is 1. The molecule has 1 aromatic carbocycles. The maximum atomic E-state index is 11.3. The van der Waals surface area contributed by atoms with Crippen LogP contribution in [0, 0.1) is 0 Å². The molecule has 2 heterocycles. The summed E-state index contributed by atoms with van der Waals surface area (Å²) >= 11 is 0. The Kier molecular flexibility index (Phi) is 7.27. The van der Waals surface area contributed by atoms with E-state index in [1.165, 1.54) is 7.11 Å². The smallest absolute Gasteiger partial charge is 0.411 e. The van der Waals surface area contributed by atoms with Crippen molar-refractivity contribution in [2.24, 2.45) is 4.99 Å². The fourth-order valence-electron chi connectivity index (χ4n) is 3.14. The number of hydrogen-bond acceptors (Lipinski definition) is 5. The van der Waals surface area contributed by atoms with Crippen LogP contribution in [0.1, 0.15) is 12.5 Å². The van der Waals surface area contributed by atoms with Crippen molar-refractivity contribution < 1.29 is 9.53 Å². The molecule has 0 radical (unpaired) electrons. The second kappa shape index (κ2) is 10.3. The van der Waals surface area contributed by atoms with Crippen LogP contribution in [0.15, 0.2) is 53.7 Å². The zero-order chi connectivity index (χ0) is 20.5. The third-order valence-electron chi connectivity index (χ3n) is 4.68. The molecular formula is C21H28N6O2. The third kappa shape index (κ3) is 5.84. The molecule has 2 aromatic rings. The van der Waals surface area contributed by atoms with Crippen LogP contribution in [0.25, 0.3) is 0 Å². The van der Waals surface area contributed by atoms with Crippen molar-refractivity contribution in [2.45, 2.75) is 13.5 Å².